The van der Waals surface area contributed by atoms with Gasteiger partial charge in [0, 0.05) is 19.1 Å². The van der Waals surface area contributed by atoms with Crippen LogP contribution in [0.4, 0.5) is 0 Å². The lowest BCUT2D eigenvalue weighted by molar-refractivity contribution is 0.0928. The molecule has 0 radical (unpaired) electrons. The summed E-state index contributed by atoms with van der Waals surface area (Å²) in [6.45, 7) is 4.56. The molecule has 3 rings (SSSR count). The van der Waals surface area contributed by atoms with Gasteiger partial charge in [-0.1, -0.05) is 18.2 Å². The molecule has 2 heterocycles. The van der Waals surface area contributed by atoms with Gasteiger partial charge in [0.1, 0.15) is 0 Å². The quantitative estimate of drug-likeness (QED) is 0.889. The van der Waals surface area contributed by atoms with Crippen LogP contribution in [0, 0.1) is 13.8 Å². The molecule has 25 heavy (non-hydrogen) atoms. The molecule has 0 aliphatic carbocycles. The maximum atomic E-state index is 12.9. The van der Waals surface area contributed by atoms with Crippen LogP contribution in [0.5, 0.6) is 0 Å². The first kappa shape index (κ1) is 18.1. The first-order chi connectivity index (χ1) is 11.9. The Labute approximate surface area is 152 Å². The highest BCUT2D eigenvalue weighted by molar-refractivity contribution is 7.89. The van der Waals surface area contributed by atoms with Crippen molar-refractivity contribution in [3.8, 4) is 0 Å². The molecule has 0 atom stereocenters. The normalized spacial score (nSPS) is 16.7. The van der Waals surface area contributed by atoms with E-state index in [1.165, 1.54) is 15.6 Å². The minimum absolute atomic E-state index is 0.0136. The van der Waals surface area contributed by atoms with Gasteiger partial charge in [-0.25, -0.2) is 8.42 Å². The molecule has 1 aromatic heterocycles. The topological polar surface area (TPSA) is 66.5 Å². The first-order valence-corrected chi connectivity index (χ1v) is 10.6. The van der Waals surface area contributed by atoms with E-state index in [9.17, 15) is 13.2 Å². The van der Waals surface area contributed by atoms with Crippen LogP contribution in [0.2, 0.25) is 0 Å². The molecule has 5 nitrogen and oxygen atoms in total. The Bertz CT molecular complexity index is 852. The van der Waals surface area contributed by atoms with Crippen molar-refractivity contribution in [1.29, 1.82) is 0 Å². The van der Waals surface area contributed by atoms with Crippen LogP contribution in [0.25, 0.3) is 0 Å². The smallest absolute Gasteiger partial charge is 0.261 e. The number of nitrogens with one attached hydrogen (secondary N) is 1. The van der Waals surface area contributed by atoms with Crippen LogP contribution in [0.1, 0.15) is 33.6 Å². The largest absolute Gasteiger partial charge is 0.349 e. The predicted octanol–water partition coefficient (Wildman–Crippen LogP) is 2.95. The maximum absolute atomic E-state index is 12.9. The summed E-state index contributed by atoms with van der Waals surface area (Å²) in [7, 11) is -3.49. The number of carbonyl (C=O) groups is 1. The second-order valence-electron chi connectivity index (χ2n) is 6.40. The molecule has 7 heteroatoms. The highest BCUT2D eigenvalue weighted by Gasteiger charge is 2.31. The second kappa shape index (κ2) is 7.27. The summed E-state index contributed by atoms with van der Waals surface area (Å²) in [4.78, 5) is 13.2. The van der Waals surface area contributed by atoms with Gasteiger partial charge in [0.05, 0.1) is 9.77 Å². The van der Waals surface area contributed by atoms with E-state index in [4.69, 9.17) is 0 Å². The van der Waals surface area contributed by atoms with Gasteiger partial charge in [0.25, 0.3) is 5.91 Å². The number of carbonyl (C=O) groups excluding carboxylic acids is 1. The molecule has 1 amide bonds. The van der Waals surface area contributed by atoms with Crippen molar-refractivity contribution in [2.75, 3.05) is 13.1 Å². The minimum Gasteiger partial charge on any atom is -0.349 e. The van der Waals surface area contributed by atoms with Gasteiger partial charge in [0.2, 0.25) is 10.0 Å². The highest BCUT2D eigenvalue weighted by Crippen LogP contribution is 2.24. The summed E-state index contributed by atoms with van der Waals surface area (Å²) in [6, 6.07) is 9.14. The van der Waals surface area contributed by atoms with Gasteiger partial charge in [-0.05, 0) is 55.3 Å². The SMILES string of the molecule is Cc1ccc(C)c(S(=O)(=O)N2CCC(NC(=O)c3cccs3)CC2)c1. The zero-order chi connectivity index (χ0) is 18.0. The van der Waals surface area contributed by atoms with E-state index in [0.29, 0.717) is 35.7 Å². The number of hydrogen-bond acceptors (Lipinski definition) is 4. The number of thiophene rings is 1. The van der Waals surface area contributed by atoms with Crippen LogP contribution in [-0.2, 0) is 10.0 Å². The van der Waals surface area contributed by atoms with Gasteiger partial charge < -0.3 is 5.32 Å². The van der Waals surface area contributed by atoms with Gasteiger partial charge in [-0.2, -0.15) is 4.31 Å². The zero-order valence-corrected chi connectivity index (χ0v) is 16.0. The lowest BCUT2D eigenvalue weighted by Gasteiger charge is -2.32. The molecule has 134 valence electrons. The van der Waals surface area contributed by atoms with Crippen molar-refractivity contribution in [3.05, 3.63) is 51.7 Å². The average Bonchev–Trinajstić information content (AvgIpc) is 3.12. The number of nitrogens with zero attached hydrogens (tertiary/aromatic N) is 1. The third kappa shape index (κ3) is 3.94. The fourth-order valence-electron chi connectivity index (χ4n) is 3.03. The van der Waals surface area contributed by atoms with Crippen LogP contribution in [0.3, 0.4) is 0 Å². The number of sulfonamides is 1. The molecule has 1 aromatic carbocycles. The van der Waals surface area contributed by atoms with E-state index >= 15 is 0 Å². The lowest BCUT2D eigenvalue weighted by Crippen LogP contribution is -2.46. The van der Waals surface area contributed by atoms with E-state index in [0.717, 1.165) is 11.1 Å². The standard InChI is InChI=1S/C18H22N2O3S2/c1-13-5-6-14(2)17(12-13)25(22,23)20-9-7-15(8-10-20)19-18(21)16-4-3-11-24-16/h3-6,11-12,15H,7-10H2,1-2H3,(H,19,21). The summed E-state index contributed by atoms with van der Waals surface area (Å²) in [5, 5.41) is 4.87. The second-order valence-corrected chi connectivity index (χ2v) is 9.25. The lowest BCUT2D eigenvalue weighted by atomic mass is 10.1. The molecule has 2 aromatic rings. The molecule has 0 spiro atoms. The molecular weight excluding hydrogens is 356 g/mol. The summed E-state index contributed by atoms with van der Waals surface area (Å²) in [5.74, 6) is -0.0779. The monoisotopic (exact) mass is 378 g/mol. The van der Waals surface area contributed by atoms with Crippen molar-refractivity contribution >= 4 is 27.3 Å². The molecular formula is C18H22N2O3S2. The Hall–Kier alpha value is -1.70. The first-order valence-electron chi connectivity index (χ1n) is 8.29. The van der Waals surface area contributed by atoms with Crippen LogP contribution < -0.4 is 5.32 Å². The molecule has 0 saturated carbocycles. The Morgan fingerprint density at radius 1 is 1.20 bits per heavy atom. The average molecular weight is 379 g/mol. The summed E-state index contributed by atoms with van der Waals surface area (Å²) in [5.41, 5.74) is 1.70. The molecule has 1 N–H and O–H groups in total. The highest BCUT2D eigenvalue weighted by atomic mass is 32.2. The van der Waals surface area contributed by atoms with Crippen molar-refractivity contribution in [3.63, 3.8) is 0 Å². The van der Waals surface area contributed by atoms with Crippen molar-refractivity contribution in [2.24, 2.45) is 0 Å². The molecule has 1 saturated heterocycles. The number of piperidine rings is 1. The van der Waals surface area contributed by atoms with Crippen molar-refractivity contribution in [2.45, 2.75) is 37.6 Å². The van der Waals surface area contributed by atoms with Crippen molar-refractivity contribution < 1.29 is 13.2 Å². The van der Waals surface area contributed by atoms with Gasteiger partial charge in [-0.15, -0.1) is 11.3 Å². The zero-order valence-electron chi connectivity index (χ0n) is 14.4. The van der Waals surface area contributed by atoms with E-state index in [2.05, 4.69) is 5.32 Å². The van der Waals surface area contributed by atoms with Crippen LogP contribution >= 0.6 is 11.3 Å². The molecule has 0 unspecified atom stereocenters. The van der Waals surface area contributed by atoms with Gasteiger partial charge in [-0.3, -0.25) is 4.79 Å². The van der Waals surface area contributed by atoms with E-state index in [1.54, 1.807) is 12.1 Å². The maximum Gasteiger partial charge on any atom is 0.261 e. The minimum atomic E-state index is -3.49. The van der Waals surface area contributed by atoms with E-state index in [1.807, 2.05) is 37.4 Å². The van der Waals surface area contributed by atoms with Crippen LogP contribution in [0.15, 0.2) is 40.6 Å². The number of aryl methyl sites for hydroxylation is 2. The van der Waals surface area contributed by atoms with Crippen molar-refractivity contribution in [1.82, 2.24) is 9.62 Å². The Morgan fingerprint density at radius 3 is 2.56 bits per heavy atom. The number of rotatable bonds is 4. The van der Waals surface area contributed by atoms with Crippen LogP contribution in [-0.4, -0.2) is 37.8 Å². The molecule has 1 fully saturated rings. The molecule has 1 aliphatic heterocycles. The fourth-order valence-corrected chi connectivity index (χ4v) is 5.44. The Kier molecular flexibility index (Phi) is 5.27. The van der Waals surface area contributed by atoms with Gasteiger partial charge in [0.15, 0.2) is 0 Å². The molecule has 1 aliphatic rings. The third-order valence-electron chi connectivity index (χ3n) is 4.50. The summed E-state index contributed by atoms with van der Waals surface area (Å²) >= 11 is 1.41. The number of amides is 1. The fraction of sp³-hybridized carbons (Fsp3) is 0.389. The van der Waals surface area contributed by atoms with Gasteiger partial charge >= 0.3 is 0 Å². The summed E-state index contributed by atoms with van der Waals surface area (Å²) < 4.78 is 27.4. The number of benzene rings is 1. The Morgan fingerprint density at radius 2 is 1.92 bits per heavy atom. The third-order valence-corrected chi connectivity index (χ3v) is 7.40. The summed E-state index contributed by atoms with van der Waals surface area (Å²) in [6.07, 6.45) is 1.25. The predicted molar refractivity (Wildman–Crippen MR) is 99.5 cm³/mol. The Balaban J connectivity index is 1.65. The molecule has 0 bridgehead atoms. The number of hydrogen-bond donors (Lipinski definition) is 1. The van der Waals surface area contributed by atoms with E-state index in [-0.39, 0.29) is 11.9 Å². The van der Waals surface area contributed by atoms with E-state index < -0.39 is 10.0 Å².